The van der Waals surface area contributed by atoms with Crippen LogP contribution < -0.4 is 0 Å². The summed E-state index contributed by atoms with van der Waals surface area (Å²) in [4.78, 5) is 13.9. The lowest BCUT2D eigenvalue weighted by molar-refractivity contribution is -0.143. The Kier molecular flexibility index (Phi) is 6.01. The van der Waals surface area contributed by atoms with Gasteiger partial charge < -0.3 is 14.4 Å². The molecule has 1 aromatic carbocycles. The number of carbonyl (C=O) groups is 1. The van der Waals surface area contributed by atoms with E-state index in [-0.39, 0.29) is 18.6 Å². The van der Waals surface area contributed by atoms with Crippen LogP contribution in [0.25, 0.3) is 0 Å². The smallest absolute Gasteiger partial charge is 0.248 e. The maximum atomic E-state index is 12.1. The maximum Gasteiger partial charge on any atom is 0.248 e. The van der Waals surface area contributed by atoms with E-state index in [2.05, 4.69) is 15.9 Å². The molecule has 1 amide bonds. The van der Waals surface area contributed by atoms with Crippen LogP contribution in [0, 0.1) is 0 Å². The number of hydrogen-bond acceptors (Lipinski definition) is 3. The van der Waals surface area contributed by atoms with Crippen LogP contribution in [0.15, 0.2) is 28.7 Å². The molecular weight excluding hydrogens is 322 g/mol. The van der Waals surface area contributed by atoms with Crippen LogP contribution in [0.4, 0.5) is 0 Å². The van der Waals surface area contributed by atoms with Gasteiger partial charge in [0.15, 0.2) is 0 Å². The van der Waals surface area contributed by atoms with Gasteiger partial charge in [-0.25, -0.2) is 0 Å². The van der Waals surface area contributed by atoms with Gasteiger partial charge in [0.05, 0.1) is 13.2 Å². The highest BCUT2D eigenvalue weighted by Crippen LogP contribution is 2.28. The fourth-order valence-electron chi connectivity index (χ4n) is 2.20. The minimum absolute atomic E-state index is 0.0406. The second-order valence-corrected chi connectivity index (χ2v) is 5.63. The molecular formula is C15H20BrNO3. The van der Waals surface area contributed by atoms with Crippen LogP contribution in [0.1, 0.15) is 25.0 Å². The van der Waals surface area contributed by atoms with Crippen LogP contribution in [0.2, 0.25) is 0 Å². The Morgan fingerprint density at radius 2 is 2.30 bits per heavy atom. The predicted molar refractivity (Wildman–Crippen MR) is 80.5 cm³/mol. The molecule has 5 heteroatoms. The van der Waals surface area contributed by atoms with Crippen molar-refractivity contribution in [3.8, 4) is 0 Å². The monoisotopic (exact) mass is 341 g/mol. The molecule has 0 aromatic heterocycles. The van der Waals surface area contributed by atoms with Crippen molar-refractivity contribution in [2.45, 2.75) is 19.4 Å². The van der Waals surface area contributed by atoms with Gasteiger partial charge in [0.25, 0.3) is 0 Å². The highest BCUT2D eigenvalue weighted by Gasteiger charge is 2.26. The molecule has 110 valence electrons. The van der Waals surface area contributed by atoms with E-state index in [4.69, 9.17) is 9.47 Å². The van der Waals surface area contributed by atoms with Gasteiger partial charge in [0.1, 0.15) is 12.7 Å². The number of benzene rings is 1. The number of morpholine rings is 1. The van der Waals surface area contributed by atoms with E-state index in [1.54, 1.807) is 0 Å². The Morgan fingerprint density at radius 1 is 1.50 bits per heavy atom. The van der Waals surface area contributed by atoms with E-state index >= 15 is 0 Å². The van der Waals surface area contributed by atoms with E-state index in [9.17, 15) is 4.79 Å². The van der Waals surface area contributed by atoms with Crippen molar-refractivity contribution < 1.29 is 14.3 Å². The lowest BCUT2D eigenvalue weighted by atomic mass is 10.1. The molecule has 0 unspecified atom stereocenters. The number of nitrogens with zero attached hydrogens (tertiary/aromatic N) is 1. The summed E-state index contributed by atoms with van der Waals surface area (Å²) in [6, 6.07) is 7.96. The van der Waals surface area contributed by atoms with Crippen molar-refractivity contribution in [2.75, 3.05) is 32.9 Å². The Balaban J connectivity index is 1.95. The summed E-state index contributed by atoms with van der Waals surface area (Å²) in [6.07, 6.45) is 0.852. The fraction of sp³-hybridized carbons (Fsp3) is 0.533. The molecule has 0 spiro atoms. The zero-order valence-corrected chi connectivity index (χ0v) is 13.3. The first-order valence-electron chi connectivity index (χ1n) is 6.94. The maximum absolute atomic E-state index is 12.1. The average molecular weight is 342 g/mol. The first kappa shape index (κ1) is 15.5. The van der Waals surface area contributed by atoms with Crippen molar-refractivity contribution in [3.63, 3.8) is 0 Å². The fourth-order valence-corrected chi connectivity index (χ4v) is 2.74. The molecule has 1 atom stereocenters. The molecule has 2 rings (SSSR count). The van der Waals surface area contributed by atoms with Gasteiger partial charge in [-0.15, -0.1) is 0 Å². The van der Waals surface area contributed by atoms with Gasteiger partial charge in [0.2, 0.25) is 5.91 Å². The SMILES string of the molecule is CCCOCC(=O)N1CCO[C@@H](c2ccccc2Br)C1. The summed E-state index contributed by atoms with van der Waals surface area (Å²) in [5.41, 5.74) is 1.08. The molecule has 1 saturated heterocycles. The average Bonchev–Trinajstić information content (AvgIpc) is 2.48. The molecule has 1 aromatic rings. The first-order valence-corrected chi connectivity index (χ1v) is 7.73. The van der Waals surface area contributed by atoms with Gasteiger partial charge in [-0.05, 0) is 18.1 Å². The molecule has 0 N–H and O–H groups in total. The Morgan fingerprint density at radius 3 is 3.05 bits per heavy atom. The van der Waals surface area contributed by atoms with Crippen molar-refractivity contribution in [2.24, 2.45) is 0 Å². The molecule has 1 heterocycles. The molecule has 4 nitrogen and oxygen atoms in total. The van der Waals surface area contributed by atoms with Gasteiger partial charge in [-0.2, -0.15) is 0 Å². The van der Waals surface area contributed by atoms with Crippen LogP contribution in [0.5, 0.6) is 0 Å². The third-order valence-corrected chi connectivity index (χ3v) is 3.97. The first-order chi connectivity index (χ1) is 9.72. The van der Waals surface area contributed by atoms with Gasteiger partial charge in [-0.1, -0.05) is 41.1 Å². The van der Waals surface area contributed by atoms with Crippen molar-refractivity contribution in [1.82, 2.24) is 4.90 Å². The molecule has 0 bridgehead atoms. The second kappa shape index (κ2) is 7.76. The highest BCUT2D eigenvalue weighted by molar-refractivity contribution is 9.10. The van der Waals surface area contributed by atoms with E-state index in [0.717, 1.165) is 16.5 Å². The Hall–Kier alpha value is -0.910. The van der Waals surface area contributed by atoms with E-state index in [1.165, 1.54) is 0 Å². The van der Waals surface area contributed by atoms with Gasteiger partial charge >= 0.3 is 0 Å². The number of ether oxygens (including phenoxy) is 2. The number of hydrogen-bond donors (Lipinski definition) is 0. The summed E-state index contributed by atoms with van der Waals surface area (Å²) < 4.78 is 12.1. The third-order valence-electron chi connectivity index (χ3n) is 3.25. The van der Waals surface area contributed by atoms with Crippen LogP contribution >= 0.6 is 15.9 Å². The van der Waals surface area contributed by atoms with Crippen LogP contribution in [-0.4, -0.2) is 43.7 Å². The normalized spacial score (nSPS) is 19.1. The largest absolute Gasteiger partial charge is 0.372 e. The zero-order valence-electron chi connectivity index (χ0n) is 11.7. The molecule has 0 saturated carbocycles. The van der Waals surface area contributed by atoms with E-state index in [0.29, 0.717) is 26.3 Å². The molecule has 1 fully saturated rings. The lowest BCUT2D eigenvalue weighted by Crippen LogP contribution is -2.44. The van der Waals surface area contributed by atoms with Crippen molar-refractivity contribution >= 4 is 21.8 Å². The predicted octanol–water partition coefficient (Wildman–Crippen LogP) is 2.78. The third kappa shape index (κ3) is 4.04. The van der Waals surface area contributed by atoms with E-state index in [1.807, 2.05) is 36.1 Å². The molecule has 0 aliphatic carbocycles. The number of rotatable bonds is 5. The van der Waals surface area contributed by atoms with Crippen LogP contribution in [0.3, 0.4) is 0 Å². The topological polar surface area (TPSA) is 38.8 Å². The Labute approximate surface area is 128 Å². The summed E-state index contributed by atoms with van der Waals surface area (Å²) in [6.45, 7) is 4.60. The number of amides is 1. The number of halogens is 1. The summed E-state index contributed by atoms with van der Waals surface area (Å²) in [5, 5.41) is 0. The molecule has 1 aliphatic heterocycles. The summed E-state index contributed by atoms with van der Waals surface area (Å²) in [5.74, 6) is 0.0406. The molecule has 1 aliphatic rings. The van der Waals surface area contributed by atoms with Crippen LogP contribution in [-0.2, 0) is 14.3 Å². The second-order valence-electron chi connectivity index (χ2n) is 4.77. The summed E-state index contributed by atoms with van der Waals surface area (Å²) in [7, 11) is 0. The lowest BCUT2D eigenvalue weighted by Gasteiger charge is -2.33. The molecule has 20 heavy (non-hydrogen) atoms. The quantitative estimate of drug-likeness (QED) is 0.773. The van der Waals surface area contributed by atoms with Crippen molar-refractivity contribution in [1.29, 1.82) is 0 Å². The summed E-state index contributed by atoms with van der Waals surface area (Å²) >= 11 is 3.53. The highest BCUT2D eigenvalue weighted by atomic mass is 79.9. The Bertz CT molecular complexity index is 452. The van der Waals surface area contributed by atoms with E-state index < -0.39 is 0 Å². The standard InChI is InChI=1S/C15H20BrNO3/c1-2-8-19-11-15(18)17-7-9-20-14(10-17)12-5-3-4-6-13(12)16/h3-6,14H,2,7-11H2,1H3/t14-/m1/s1. The number of carbonyl (C=O) groups excluding carboxylic acids is 1. The zero-order chi connectivity index (χ0) is 14.4. The van der Waals surface area contributed by atoms with Crippen molar-refractivity contribution in [3.05, 3.63) is 34.3 Å². The minimum atomic E-state index is -0.0746. The molecule has 0 radical (unpaired) electrons. The van der Waals surface area contributed by atoms with Gasteiger partial charge in [-0.3, -0.25) is 4.79 Å². The minimum Gasteiger partial charge on any atom is -0.372 e. The van der Waals surface area contributed by atoms with Gasteiger partial charge in [0, 0.05) is 17.6 Å².